The van der Waals surface area contributed by atoms with E-state index in [0.29, 0.717) is 36.5 Å². The number of methoxy groups -OCH3 is 2. The smallest absolute Gasteiger partial charge is 0.330 e. The van der Waals surface area contributed by atoms with Gasteiger partial charge in [0.05, 0.1) is 33.5 Å². The van der Waals surface area contributed by atoms with Crippen LogP contribution in [0.3, 0.4) is 0 Å². The van der Waals surface area contributed by atoms with E-state index in [-0.39, 0.29) is 30.2 Å². The van der Waals surface area contributed by atoms with Crippen LogP contribution < -0.4 is 20.7 Å². The molecule has 0 amide bonds. The Bertz CT molecular complexity index is 2000. The summed E-state index contributed by atoms with van der Waals surface area (Å²) < 4.78 is 42.4. The van der Waals surface area contributed by atoms with E-state index in [1.54, 1.807) is 21.1 Å². The molecule has 12 nitrogen and oxygen atoms in total. The minimum atomic E-state index is -1.66. The summed E-state index contributed by atoms with van der Waals surface area (Å²) in [5, 5.41) is 10.0. The molecule has 0 bridgehead atoms. The number of hydrogen-bond acceptors (Lipinski definition) is 10. The zero-order valence-electron chi connectivity index (χ0n) is 35.0. The van der Waals surface area contributed by atoms with E-state index in [9.17, 15) is 14.7 Å². The summed E-state index contributed by atoms with van der Waals surface area (Å²) in [5.74, 6) is 1.40. The number of aliphatic hydroxyl groups excluding tert-OH is 1. The molecule has 0 spiro atoms. The fourth-order valence-corrected chi connectivity index (χ4v) is 9.12. The summed E-state index contributed by atoms with van der Waals surface area (Å²) in [4.78, 5) is 28.1. The SMILES string of the molecule is COc1ccc(C(OC[C@H]2O[C@@H](n3cc(C)c(=O)[nH]c3=O)C[C@H]2OP(OCCCC(C)(C)C(O)=S)N(C(C)C)C(C)C)(c2ccccc2)c2ccc(OC)cc2)cc1. The van der Waals surface area contributed by atoms with Crippen LogP contribution in [0.4, 0.5) is 0 Å². The van der Waals surface area contributed by atoms with Crippen LogP contribution in [0, 0.1) is 12.3 Å². The molecule has 1 saturated heterocycles. The van der Waals surface area contributed by atoms with E-state index >= 15 is 0 Å². The molecule has 3 aromatic carbocycles. The molecule has 2 N–H and O–H groups in total. The minimum absolute atomic E-state index is 0.0300. The van der Waals surface area contributed by atoms with E-state index < -0.39 is 49.2 Å². The highest BCUT2D eigenvalue weighted by Gasteiger charge is 2.45. The van der Waals surface area contributed by atoms with Crippen LogP contribution in [0.1, 0.15) is 89.3 Å². The number of benzene rings is 3. The van der Waals surface area contributed by atoms with E-state index in [1.807, 2.05) is 92.7 Å². The van der Waals surface area contributed by atoms with Crippen LogP contribution in [0.2, 0.25) is 0 Å². The summed E-state index contributed by atoms with van der Waals surface area (Å²) in [7, 11) is 1.60. The van der Waals surface area contributed by atoms with Gasteiger partial charge in [-0.25, -0.2) is 9.46 Å². The first kappa shape index (κ1) is 45.1. The van der Waals surface area contributed by atoms with Gasteiger partial charge in [-0.2, -0.15) is 0 Å². The van der Waals surface area contributed by atoms with Gasteiger partial charge in [0.15, 0.2) is 5.05 Å². The van der Waals surface area contributed by atoms with Gasteiger partial charge in [-0.1, -0.05) is 68.4 Å². The number of nitrogens with zero attached hydrogens (tertiary/aromatic N) is 2. The molecule has 4 atom stereocenters. The summed E-state index contributed by atoms with van der Waals surface area (Å²) in [6.45, 7) is 14.3. The molecule has 1 unspecified atom stereocenters. The van der Waals surface area contributed by atoms with Crippen molar-refractivity contribution in [2.45, 2.75) is 104 Å². The number of thiocarbonyl (C=S) groups is 1. The zero-order chi connectivity index (χ0) is 42.2. The number of hydrogen-bond donors (Lipinski definition) is 2. The van der Waals surface area contributed by atoms with Crippen molar-refractivity contribution < 1.29 is 33.1 Å². The van der Waals surface area contributed by atoms with E-state index in [0.717, 1.165) is 16.7 Å². The average Bonchev–Trinajstić information content (AvgIpc) is 3.60. The lowest BCUT2D eigenvalue weighted by molar-refractivity contribution is -0.0926. The Morgan fingerprint density at radius 2 is 1.48 bits per heavy atom. The third-order valence-electron chi connectivity index (χ3n) is 10.5. The molecular formula is C44H58N3O9PS. The van der Waals surface area contributed by atoms with Crippen molar-refractivity contribution in [2.24, 2.45) is 5.41 Å². The first-order chi connectivity index (χ1) is 27.6. The molecular weight excluding hydrogens is 778 g/mol. The van der Waals surface area contributed by atoms with Gasteiger partial charge >= 0.3 is 5.69 Å². The van der Waals surface area contributed by atoms with Gasteiger partial charge in [-0.15, -0.1) is 0 Å². The number of H-pyrrole nitrogens is 1. The normalized spacial score (nSPS) is 17.9. The average molecular weight is 836 g/mol. The minimum Gasteiger partial charge on any atom is -0.502 e. The maximum atomic E-state index is 13.3. The van der Waals surface area contributed by atoms with Gasteiger partial charge in [0.1, 0.15) is 29.4 Å². The Hall–Kier alpha value is -3.94. The van der Waals surface area contributed by atoms with Crippen molar-refractivity contribution in [3.8, 4) is 11.5 Å². The summed E-state index contributed by atoms with van der Waals surface area (Å²) >= 11 is 5.10. The van der Waals surface area contributed by atoms with E-state index in [2.05, 4.69) is 37.3 Å². The summed E-state index contributed by atoms with van der Waals surface area (Å²) in [6, 6.07) is 25.7. The Balaban J connectivity index is 1.57. The highest BCUT2D eigenvalue weighted by Crippen LogP contribution is 2.51. The van der Waals surface area contributed by atoms with Crippen LogP contribution >= 0.6 is 20.7 Å². The molecule has 4 aromatic rings. The van der Waals surface area contributed by atoms with Crippen molar-refractivity contribution >= 4 is 25.8 Å². The topological polar surface area (TPSA) is 134 Å². The van der Waals surface area contributed by atoms with Crippen LogP contribution in [0.5, 0.6) is 11.5 Å². The van der Waals surface area contributed by atoms with Crippen LogP contribution in [0.15, 0.2) is 94.6 Å². The van der Waals surface area contributed by atoms with E-state index in [4.69, 9.17) is 40.2 Å². The van der Waals surface area contributed by atoms with Crippen LogP contribution in [0.25, 0.3) is 0 Å². The van der Waals surface area contributed by atoms with Gasteiger partial charge in [-0.3, -0.25) is 14.3 Å². The van der Waals surface area contributed by atoms with Crippen molar-refractivity contribution in [3.05, 3.63) is 128 Å². The molecule has 5 rings (SSSR count). The lowest BCUT2D eigenvalue weighted by atomic mass is 9.80. The van der Waals surface area contributed by atoms with Crippen molar-refractivity contribution in [2.75, 3.05) is 27.4 Å². The molecule has 0 radical (unpaired) electrons. The van der Waals surface area contributed by atoms with Crippen molar-refractivity contribution in [1.82, 2.24) is 14.2 Å². The predicted octanol–water partition coefficient (Wildman–Crippen LogP) is 8.60. The standard InChI is InChI=1S/C44H58N3O9PS/c1-29(2)47(30(3)4)57(54-25-13-24-43(6,7)41(49)58)56-37-26-39(46-27-31(5)40(48)45-42(46)50)55-38(37)28-53-44(32-14-11-10-12-15-32,33-16-20-35(51-8)21-17-33)34-18-22-36(52-9)23-19-34/h10-12,14-23,27,29-30,37-39H,13,24-26,28H2,1-9H3,(H,49,58)(H,45,48,50)/t37-,38-,39-,57?/m1/s1. The number of nitrogens with one attached hydrogen (secondary N) is 1. The Labute approximate surface area is 348 Å². The number of ether oxygens (including phenoxy) is 4. The monoisotopic (exact) mass is 835 g/mol. The van der Waals surface area contributed by atoms with E-state index in [1.165, 1.54) is 10.8 Å². The molecule has 0 saturated carbocycles. The first-order valence-electron chi connectivity index (χ1n) is 19.7. The third-order valence-corrected chi connectivity index (χ3v) is 13.2. The van der Waals surface area contributed by atoms with Gasteiger partial charge in [-0.05, 0) is 101 Å². The van der Waals surface area contributed by atoms with Gasteiger partial charge in [0.25, 0.3) is 14.1 Å². The number of aromatic nitrogens is 2. The van der Waals surface area contributed by atoms with Gasteiger partial charge < -0.3 is 33.1 Å². The molecule has 0 aliphatic carbocycles. The fourth-order valence-electron chi connectivity index (χ4n) is 7.22. The summed E-state index contributed by atoms with van der Waals surface area (Å²) in [6.07, 6.45) is 1.01. The molecule has 1 aliphatic heterocycles. The first-order valence-corrected chi connectivity index (χ1v) is 21.2. The maximum absolute atomic E-state index is 13.3. The quantitative estimate of drug-likeness (QED) is 0.0384. The molecule has 14 heteroatoms. The second kappa shape index (κ2) is 19.9. The number of aryl methyl sites for hydroxylation is 1. The van der Waals surface area contributed by atoms with Crippen LogP contribution in [-0.2, 0) is 24.1 Å². The maximum Gasteiger partial charge on any atom is 0.330 e. The zero-order valence-corrected chi connectivity index (χ0v) is 36.7. The van der Waals surface area contributed by atoms with Gasteiger partial charge in [0, 0.05) is 35.7 Å². The molecule has 2 heterocycles. The number of aromatic amines is 1. The molecule has 58 heavy (non-hydrogen) atoms. The molecule has 1 aliphatic rings. The molecule has 1 fully saturated rings. The second-order valence-corrected chi connectivity index (χ2v) is 17.5. The van der Waals surface area contributed by atoms with Crippen molar-refractivity contribution in [3.63, 3.8) is 0 Å². The highest BCUT2D eigenvalue weighted by molar-refractivity contribution is 7.80. The summed E-state index contributed by atoms with van der Waals surface area (Å²) in [5.41, 5.74) is 0.261. The molecule has 314 valence electrons. The lowest BCUT2D eigenvalue weighted by Crippen LogP contribution is -2.39. The Morgan fingerprint density at radius 1 is 0.931 bits per heavy atom. The Morgan fingerprint density at radius 3 is 2.00 bits per heavy atom. The second-order valence-electron chi connectivity index (χ2n) is 15.7. The third kappa shape index (κ3) is 10.4. The largest absolute Gasteiger partial charge is 0.502 e. The molecule has 1 aromatic heterocycles. The van der Waals surface area contributed by atoms with Gasteiger partial charge in [0.2, 0.25) is 0 Å². The fraction of sp³-hybridized carbons (Fsp3) is 0.477. The number of rotatable bonds is 20. The van der Waals surface area contributed by atoms with Crippen LogP contribution in [-0.4, -0.2) is 76.1 Å². The predicted molar refractivity (Wildman–Crippen MR) is 231 cm³/mol. The number of aliphatic hydroxyl groups is 1. The van der Waals surface area contributed by atoms with Crippen molar-refractivity contribution in [1.29, 1.82) is 0 Å². The lowest BCUT2D eigenvalue weighted by Gasteiger charge is -2.39. The Kier molecular flexibility index (Phi) is 15.5. The highest BCUT2D eigenvalue weighted by atomic mass is 32.1.